The van der Waals surface area contributed by atoms with Crippen LogP contribution in [0.1, 0.15) is 18.0 Å². The zero-order valence-corrected chi connectivity index (χ0v) is 12.2. The average molecular weight is 285 g/mol. The highest BCUT2D eigenvalue weighted by Crippen LogP contribution is 2.25. The van der Waals surface area contributed by atoms with E-state index in [1.165, 1.54) is 7.11 Å². The summed E-state index contributed by atoms with van der Waals surface area (Å²) in [7, 11) is 3.21. The molecule has 110 valence electrons. The first-order valence-electron chi connectivity index (χ1n) is 6.80. The van der Waals surface area contributed by atoms with Crippen molar-refractivity contribution in [2.75, 3.05) is 14.2 Å². The summed E-state index contributed by atoms with van der Waals surface area (Å²) < 4.78 is 10.5. The van der Waals surface area contributed by atoms with E-state index in [9.17, 15) is 4.79 Å². The lowest BCUT2D eigenvalue weighted by atomic mass is 10.0. The van der Waals surface area contributed by atoms with E-state index in [0.29, 0.717) is 0 Å². The van der Waals surface area contributed by atoms with E-state index in [1.54, 1.807) is 0 Å². The van der Waals surface area contributed by atoms with Gasteiger partial charge in [-0.3, -0.25) is 4.79 Å². The minimum Gasteiger partial charge on any atom is -0.469 e. The smallest absolute Gasteiger partial charge is 0.307 e. The standard InChI is InChI=1S/C17H19NO3/c1-18-16(12-17(19)20-2)13-7-6-10-15(11-13)21-14-8-4-3-5-9-14/h3-11,16,18H,12H2,1-2H3. The molecule has 2 rings (SSSR count). The number of carbonyl (C=O) groups is 1. The van der Waals surface area contributed by atoms with Crippen molar-refractivity contribution in [3.63, 3.8) is 0 Å². The molecule has 0 bridgehead atoms. The van der Waals surface area contributed by atoms with Gasteiger partial charge in [0.15, 0.2) is 0 Å². The molecule has 4 nitrogen and oxygen atoms in total. The van der Waals surface area contributed by atoms with Crippen molar-refractivity contribution in [2.24, 2.45) is 0 Å². The fourth-order valence-corrected chi connectivity index (χ4v) is 2.06. The van der Waals surface area contributed by atoms with Crippen LogP contribution in [0.15, 0.2) is 54.6 Å². The van der Waals surface area contributed by atoms with Crippen LogP contribution in [-0.2, 0) is 9.53 Å². The first kappa shape index (κ1) is 15.1. The van der Waals surface area contributed by atoms with Gasteiger partial charge in [-0.15, -0.1) is 0 Å². The maximum Gasteiger partial charge on any atom is 0.307 e. The van der Waals surface area contributed by atoms with Crippen LogP contribution in [0.5, 0.6) is 11.5 Å². The number of para-hydroxylation sites is 1. The molecule has 0 spiro atoms. The second-order valence-corrected chi connectivity index (χ2v) is 4.61. The fourth-order valence-electron chi connectivity index (χ4n) is 2.06. The molecule has 0 aliphatic heterocycles. The number of carbonyl (C=O) groups excluding carboxylic acids is 1. The number of esters is 1. The number of hydrogen-bond acceptors (Lipinski definition) is 4. The number of ether oxygens (including phenoxy) is 2. The van der Waals surface area contributed by atoms with E-state index in [0.717, 1.165) is 17.1 Å². The third-order valence-corrected chi connectivity index (χ3v) is 3.19. The van der Waals surface area contributed by atoms with Crippen molar-refractivity contribution in [3.05, 3.63) is 60.2 Å². The van der Waals surface area contributed by atoms with Crippen molar-refractivity contribution < 1.29 is 14.3 Å². The lowest BCUT2D eigenvalue weighted by Gasteiger charge is -2.16. The van der Waals surface area contributed by atoms with Crippen LogP contribution >= 0.6 is 0 Å². The Morgan fingerprint density at radius 1 is 1.10 bits per heavy atom. The Labute approximate surface area is 124 Å². The molecule has 0 saturated carbocycles. The minimum absolute atomic E-state index is 0.100. The zero-order chi connectivity index (χ0) is 15.1. The Balaban J connectivity index is 2.14. The highest BCUT2D eigenvalue weighted by molar-refractivity contribution is 5.70. The van der Waals surface area contributed by atoms with Crippen LogP contribution in [0.25, 0.3) is 0 Å². The second kappa shape index (κ2) is 7.45. The Kier molecular flexibility index (Phi) is 5.35. The van der Waals surface area contributed by atoms with Gasteiger partial charge in [0, 0.05) is 6.04 Å². The quantitative estimate of drug-likeness (QED) is 0.827. The lowest BCUT2D eigenvalue weighted by molar-refractivity contribution is -0.141. The normalized spacial score (nSPS) is 11.7. The molecule has 1 N–H and O–H groups in total. The average Bonchev–Trinajstić information content (AvgIpc) is 2.53. The third-order valence-electron chi connectivity index (χ3n) is 3.19. The van der Waals surface area contributed by atoms with E-state index in [-0.39, 0.29) is 18.4 Å². The number of hydrogen-bond donors (Lipinski definition) is 1. The van der Waals surface area contributed by atoms with Gasteiger partial charge in [-0.2, -0.15) is 0 Å². The molecule has 0 aliphatic rings. The molecule has 2 aromatic carbocycles. The summed E-state index contributed by atoms with van der Waals surface area (Å²) in [6.07, 6.45) is 0.280. The summed E-state index contributed by atoms with van der Waals surface area (Å²) in [5, 5.41) is 3.12. The van der Waals surface area contributed by atoms with E-state index in [4.69, 9.17) is 9.47 Å². The summed E-state index contributed by atoms with van der Waals surface area (Å²) in [4.78, 5) is 11.4. The maximum absolute atomic E-state index is 11.4. The van der Waals surface area contributed by atoms with Crippen LogP contribution in [-0.4, -0.2) is 20.1 Å². The topological polar surface area (TPSA) is 47.6 Å². The SMILES string of the molecule is CNC(CC(=O)OC)c1cccc(Oc2ccccc2)c1. The van der Waals surface area contributed by atoms with Gasteiger partial charge in [0.1, 0.15) is 11.5 Å². The molecule has 1 unspecified atom stereocenters. The molecular weight excluding hydrogens is 266 g/mol. The van der Waals surface area contributed by atoms with Crippen LogP contribution < -0.4 is 10.1 Å². The van der Waals surface area contributed by atoms with Crippen molar-refractivity contribution in [1.29, 1.82) is 0 Å². The Morgan fingerprint density at radius 2 is 1.81 bits per heavy atom. The van der Waals surface area contributed by atoms with E-state index in [2.05, 4.69) is 5.32 Å². The predicted molar refractivity (Wildman–Crippen MR) is 81.4 cm³/mol. The van der Waals surface area contributed by atoms with E-state index in [1.807, 2.05) is 61.6 Å². The van der Waals surface area contributed by atoms with Crippen LogP contribution in [0.3, 0.4) is 0 Å². The van der Waals surface area contributed by atoms with Gasteiger partial charge in [0.2, 0.25) is 0 Å². The van der Waals surface area contributed by atoms with Gasteiger partial charge in [0.05, 0.1) is 13.5 Å². The molecule has 1 atom stereocenters. The number of rotatable bonds is 6. The van der Waals surface area contributed by atoms with Gasteiger partial charge in [-0.05, 0) is 36.9 Å². The minimum atomic E-state index is -0.247. The molecule has 2 aromatic rings. The monoisotopic (exact) mass is 285 g/mol. The number of methoxy groups -OCH3 is 1. The third kappa shape index (κ3) is 4.33. The van der Waals surface area contributed by atoms with E-state index >= 15 is 0 Å². The molecule has 0 aromatic heterocycles. The van der Waals surface area contributed by atoms with Crippen molar-refractivity contribution in [3.8, 4) is 11.5 Å². The van der Waals surface area contributed by atoms with E-state index < -0.39 is 0 Å². The van der Waals surface area contributed by atoms with Gasteiger partial charge >= 0.3 is 5.97 Å². The highest BCUT2D eigenvalue weighted by Gasteiger charge is 2.15. The summed E-state index contributed by atoms with van der Waals surface area (Å²) in [6, 6.07) is 17.2. The maximum atomic E-state index is 11.4. The highest BCUT2D eigenvalue weighted by atomic mass is 16.5. The summed E-state index contributed by atoms with van der Waals surface area (Å²) in [5.41, 5.74) is 0.983. The Morgan fingerprint density at radius 3 is 2.48 bits per heavy atom. The van der Waals surface area contributed by atoms with Crippen molar-refractivity contribution in [2.45, 2.75) is 12.5 Å². The van der Waals surface area contributed by atoms with Gasteiger partial charge < -0.3 is 14.8 Å². The van der Waals surface area contributed by atoms with Crippen LogP contribution in [0, 0.1) is 0 Å². The number of benzene rings is 2. The molecule has 0 saturated heterocycles. The zero-order valence-electron chi connectivity index (χ0n) is 12.2. The molecule has 4 heteroatoms. The molecule has 21 heavy (non-hydrogen) atoms. The van der Waals surface area contributed by atoms with Gasteiger partial charge in [-0.25, -0.2) is 0 Å². The first-order valence-corrected chi connectivity index (χ1v) is 6.80. The van der Waals surface area contributed by atoms with Crippen molar-refractivity contribution in [1.82, 2.24) is 5.32 Å². The molecule has 0 amide bonds. The van der Waals surface area contributed by atoms with Crippen LogP contribution in [0.2, 0.25) is 0 Å². The van der Waals surface area contributed by atoms with Crippen molar-refractivity contribution >= 4 is 5.97 Å². The van der Waals surface area contributed by atoms with Crippen LogP contribution in [0.4, 0.5) is 0 Å². The molecule has 0 aliphatic carbocycles. The van der Waals surface area contributed by atoms with Gasteiger partial charge in [-0.1, -0.05) is 30.3 Å². The fraction of sp³-hybridized carbons (Fsp3) is 0.235. The summed E-state index contributed by atoms with van der Waals surface area (Å²) >= 11 is 0. The number of nitrogens with one attached hydrogen (secondary N) is 1. The molecule has 0 heterocycles. The predicted octanol–water partition coefficient (Wildman–Crippen LogP) is 3.30. The first-order chi connectivity index (χ1) is 10.2. The van der Waals surface area contributed by atoms with Gasteiger partial charge in [0.25, 0.3) is 0 Å². The summed E-state index contributed by atoms with van der Waals surface area (Å²) in [6.45, 7) is 0. The largest absolute Gasteiger partial charge is 0.469 e. The molecule has 0 radical (unpaired) electrons. The molecule has 0 fully saturated rings. The molecular formula is C17H19NO3. The Bertz CT molecular complexity index is 584. The summed E-state index contributed by atoms with van der Waals surface area (Å²) in [5.74, 6) is 1.27. The second-order valence-electron chi connectivity index (χ2n) is 4.61. The Hall–Kier alpha value is -2.33. The lowest BCUT2D eigenvalue weighted by Crippen LogP contribution is -2.20.